The largest absolute Gasteiger partial charge is 0.465 e. The Morgan fingerprint density at radius 1 is 1.33 bits per heavy atom. The fraction of sp³-hybridized carbons (Fsp3) is 0.318. The zero-order valence-electron chi connectivity index (χ0n) is 17.6. The topological polar surface area (TPSA) is 68.2 Å². The van der Waals surface area contributed by atoms with Gasteiger partial charge in [-0.2, -0.15) is 5.10 Å². The lowest BCUT2D eigenvalue weighted by molar-refractivity contribution is 0.0602. The number of esters is 1. The lowest BCUT2D eigenvalue weighted by Crippen LogP contribution is -2.31. The van der Waals surface area contributed by atoms with E-state index in [9.17, 15) is 4.79 Å². The van der Waals surface area contributed by atoms with E-state index < -0.39 is 0 Å². The molecule has 0 spiro atoms. The van der Waals surface area contributed by atoms with E-state index >= 15 is 0 Å². The van der Waals surface area contributed by atoms with Crippen molar-refractivity contribution in [1.29, 1.82) is 0 Å². The molecule has 0 aliphatic rings. The Kier molecular flexibility index (Phi) is 7.23. The highest BCUT2D eigenvalue weighted by Gasteiger charge is 2.19. The first-order valence-electron chi connectivity index (χ1n) is 9.77. The number of rotatable bonds is 7. The van der Waals surface area contributed by atoms with Crippen molar-refractivity contribution in [3.05, 3.63) is 69.9 Å². The summed E-state index contributed by atoms with van der Waals surface area (Å²) in [6.45, 7) is 6.89. The normalized spacial score (nSPS) is 11.7. The predicted molar refractivity (Wildman–Crippen MR) is 125 cm³/mol. The summed E-state index contributed by atoms with van der Waals surface area (Å²) < 4.78 is 6.86. The van der Waals surface area contributed by atoms with Crippen molar-refractivity contribution in [2.45, 2.75) is 39.8 Å². The molecule has 2 heterocycles. The van der Waals surface area contributed by atoms with Crippen LogP contribution in [-0.2, 0) is 17.7 Å². The number of anilines is 1. The minimum atomic E-state index is -0.385. The Morgan fingerprint density at radius 2 is 2.07 bits per heavy atom. The van der Waals surface area contributed by atoms with Gasteiger partial charge >= 0.3 is 5.97 Å². The molecule has 3 aromatic rings. The highest BCUT2D eigenvalue weighted by atomic mass is 32.1. The second kappa shape index (κ2) is 9.86. The summed E-state index contributed by atoms with van der Waals surface area (Å²) in [5.41, 5.74) is 3.72. The summed E-state index contributed by atoms with van der Waals surface area (Å²) in [5, 5.41) is 12.1. The maximum absolute atomic E-state index is 12.3. The van der Waals surface area contributed by atoms with Crippen molar-refractivity contribution in [1.82, 2.24) is 15.1 Å². The molecule has 1 unspecified atom stereocenters. The van der Waals surface area contributed by atoms with Crippen LogP contribution in [0.25, 0.3) is 0 Å². The third-order valence-corrected chi connectivity index (χ3v) is 6.03. The van der Waals surface area contributed by atoms with Gasteiger partial charge < -0.3 is 15.4 Å². The number of ether oxygens (including phenoxy) is 1. The highest BCUT2D eigenvalue weighted by Crippen LogP contribution is 2.30. The summed E-state index contributed by atoms with van der Waals surface area (Å²) >= 11 is 7.02. The molecule has 158 valence electrons. The molecule has 30 heavy (non-hydrogen) atoms. The van der Waals surface area contributed by atoms with Gasteiger partial charge in [-0.1, -0.05) is 30.3 Å². The van der Waals surface area contributed by atoms with Gasteiger partial charge in [0.25, 0.3) is 0 Å². The minimum absolute atomic E-state index is 0.0179. The second-order valence-electron chi connectivity index (χ2n) is 6.96. The summed E-state index contributed by atoms with van der Waals surface area (Å²) in [6.07, 6.45) is 2.77. The maximum Gasteiger partial charge on any atom is 0.340 e. The summed E-state index contributed by atoms with van der Waals surface area (Å²) in [6, 6.07) is 12.0. The Hall–Kier alpha value is -2.71. The van der Waals surface area contributed by atoms with E-state index in [1.165, 1.54) is 24.0 Å². The molecule has 3 rings (SSSR count). The molecule has 0 radical (unpaired) electrons. The molecule has 1 aromatic carbocycles. The molecule has 6 nitrogen and oxygen atoms in total. The van der Waals surface area contributed by atoms with Crippen molar-refractivity contribution in [3.63, 3.8) is 0 Å². The van der Waals surface area contributed by atoms with Crippen LogP contribution in [0.2, 0.25) is 0 Å². The van der Waals surface area contributed by atoms with Gasteiger partial charge in [0.15, 0.2) is 5.11 Å². The number of aromatic nitrogens is 2. The Morgan fingerprint density at radius 3 is 2.70 bits per heavy atom. The van der Waals surface area contributed by atoms with E-state index in [4.69, 9.17) is 17.0 Å². The van der Waals surface area contributed by atoms with Crippen molar-refractivity contribution in [3.8, 4) is 0 Å². The average Bonchev–Trinajstić information content (AvgIpc) is 3.31. The molecule has 2 aromatic heterocycles. The van der Waals surface area contributed by atoms with Crippen LogP contribution >= 0.6 is 23.6 Å². The van der Waals surface area contributed by atoms with Crippen LogP contribution < -0.4 is 10.6 Å². The number of benzene rings is 1. The zero-order chi connectivity index (χ0) is 21.7. The fourth-order valence-electron chi connectivity index (χ4n) is 3.21. The molecule has 0 saturated heterocycles. The van der Waals surface area contributed by atoms with Gasteiger partial charge in [-0.05, 0) is 44.6 Å². The number of methoxy groups -OCH3 is 1. The summed E-state index contributed by atoms with van der Waals surface area (Å²) in [7, 11) is 1.38. The molecule has 0 aliphatic carbocycles. The number of hydrogen-bond donors (Lipinski definition) is 2. The van der Waals surface area contributed by atoms with E-state index in [-0.39, 0.29) is 12.0 Å². The molecule has 0 saturated carbocycles. The van der Waals surface area contributed by atoms with E-state index in [0.717, 1.165) is 29.1 Å². The van der Waals surface area contributed by atoms with Crippen LogP contribution in [0, 0.1) is 6.92 Å². The van der Waals surface area contributed by atoms with Gasteiger partial charge in [0.1, 0.15) is 5.00 Å². The number of hydrogen-bond acceptors (Lipinski definition) is 5. The van der Waals surface area contributed by atoms with Gasteiger partial charge in [-0.25, -0.2) is 4.79 Å². The number of thiophene rings is 1. The third kappa shape index (κ3) is 5.25. The van der Waals surface area contributed by atoms with Crippen molar-refractivity contribution in [2.24, 2.45) is 0 Å². The standard InChI is InChI=1S/C22H26N4O2S2/c1-5-26-13-19(15(3)25-26)14(2)23-22(29)24-20-18(21(27)28-4)12-17(30-20)11-16-9-7-6-8-10-16/h6-10,12-14H,5,11H2,1-4H3,(H2,23,24,29). The number of aryl methyl sites for hydroxylation is 2. The smallest absolute Gasteiger partial charge is 0.340 e. The lowest BCUT2D eigenvalue weighted by atomic mass is 10.1. The first kappa shape index (κ1) is 22.0. The number of nitrogens with zero attached hydrogens (tertiary/aromatic N) is 2. The number of carbonyl (C=O) groups is 1. The van der Waals surface area contributed by atoms with Crippen LogP contribution in [-0.4, -0.2) is 28.0 Å². The van der Waals surface area contributed by atoms with Crippen molar-refractivity contribution >= 4 is 39.6 Å². The van der Waals surface area contributed by atoms with Crippen molar-refractivity contribution in [2.75, 3.05) is 12.4 Å². The zero-order valence-corrected chi connectivity index (χ0v) is 19.2. The van der Waals surface area contributed by atoms with Crippen LogP contribution in [0.1, 0.15) is 51.9 Å². The van der Waals surface area contributed by atoms with Crippen LogP contribution in [0.3, 0.4) is 0 Å². The number of nitrogens with one attached hydrogen (secondary N) is 2. The second-order valence-corrected chi connectivity index (χ2v) is 8.50. The molecular formula is C22H26N4O2S2. The SMILES string of the molecule is CCn1cc(C(C)NC(=S)Nc2sc(Cc3ccccc3)cc2C(=O)OC)c(C)n1. The Bertz CT molecular complexity index is 1030. The number of carbonyl (C=O) groups excluding carboxylic acids is 1. The Labute approximate surface area is 186 Å². The molecule has 0 bridgehead atoms. The summed E-state index contributed by atoms with van der Waals surface area (Å²) in [5.74, 6) is -0.385. The fourth-order valence-corrected chi connectivity index (χ4v) is 4.64. The van der Waals surface area contributed by atoms with Crippen LogP contribution in [0.15, 0.2) is 42.6 Å². The van der Waals surface area contributed by atoms with Gasteiger partial charge in [-0.3, -0.25) is 4.68 Å². The molecule has 1 atom stereocenters. The van der Waals surface area contributed by atoms with Gasteiger partial charge in [0, 0.05) is 29.6 Å². The summed E-state index contributed by atoms with van der Waals surface area (Å²) in [4.78, 5) is 13.3. The average molecular weight is 443 g/mol. The van der Waals surface area contributed by atoms with E-state index in [1.807, 2.05) is 49.0 Å². The molecule has 0 aliphatic heterocycles. The van der Waals surface area contributed by atoms with Crippen LogP contribution in [0.4, 0.5) is 5.00 Å². The van der Waals surface area contributed by atoms with E-state index in [0.29, 0.717) is 15.7 Å². The van der Waals surface area contributed by atoms with E-state index in [2.05, 4.69) is 34.8 Å². The van der Waals surface area contributed by atoms with Gasteiger partial charge in [0.05, 0.1) is 24.4 Å². The quantitative estimate of drug-likeness (QED) is 0.408. The maximum atomic E-state index is 12.3. The number of thiocarbonyl (C=S) groups is 1. The lowest BCUT2D eigenvalue weighted by Gasteiger charge is -2.16. The first-order chi connectivity index (χ1) is 14.4. The molecule has 2 N–H and O–H groups in total. The molecule has 8 heteroatoms. The Balaban J connectivity index is 1.74. The third-order valence-electron chi connectivity index (χ3n) is 4.76. The van der Waals surface area contributed by atoms with Gasteiger partial charge in [0.2, 0.25) is 0 Å². The molecule has 0 fully saturated rings. The van der Waals surface area contributed by atoms with Gasteiger partial charge in [-0.15, -0.1) is 11.3 Å². The monoisotopic (exact) mass is 442 g/mol. The highest BCUT2D eigenvalue weighted by molar-refractivity contribution is 7.80. The molecular weight excluding hydrogens is 416 g/mol. The first-order valence-corrected chi connectivity index (χ1v) is 11.0. The van der Waals surface area contributed by atoms with E-state index in [1.54, 1.807) is 0 Å². The van der Waals surface area contributed by atoms with Crippen molar-refractivity contribution < 1.29 is 9.53 Å². The predicted octanol–water partition coefficient (Wildman–Crippen LogP) is 4.70. The molecule has 0 amide bonds. The minimum Gasteiger partial charge on any atom is -0.465 e. The van der Waals surface area contributed by atoms with Crippen LogP contribution in [0.5, 0.6) is 0 Å².